The Morgan fingerprint density at radius 2 is 2.05 bits per heavy atom. The van der Waals surface area contributed by atoms with Crippen LogP contribution in [0.5, 0.6) is 5.75 Å². The number of nitrogens with two attached hydrogens (primary N) is 2. The van der Waals surface area contributed by atoms with Crippen LogP contribution in [0.4, 0.5) is 15.9 Å². The molecular weight excluding hydrogens is 509 g/mol. The Kier molecular flexibility index (Phi) is 6.40. The number of nitrogen functional groups attached to an aromatic ring is 1. The van der Waals surface area contributed by atoms with Crippen molar-refractivity contribution in [2.75, 3.05) is 37.4 Å². The third kappa shape index (κ3) is 4.66. The molecule has 196 valence electrons. The lowest BCUT2D eigenvalue weighted by atomic mass is 10.1. The molecule has 1 aromatic carbocycles. The second-order valence-electron chi connectivity index (χ2n) is 8.64. The van der Waals surface area contributed by atoms with Gasteiger partial charge in [-0.05, 0) is 12.1 Å². The number of aromatic nitrogens is 3. The quantitative estimate of drug-likeness (QED) is 0.254. The highest BCUT2D eigenvalue weighted by atomic mass is 32.2. The van der Waals surface area contributed by atoms with E-state index in [4.69, 9.17) is 20.3 Å². The number of hydrogen-bond donors (Lipinski definition) is 5. The smallest absolute Gasteiger partial charge is 0.274 e. The molecular formula is C22H24FN7O6S. The van der Waals surface area contributed by atoms with Gasteiger partial charge in [0, 0.05) is 19.8 Å². The van der Waals surface area contributed by atoms with Gasteiger partial charge in [-0.3, -0.25) is 0 Å². The molecule has 2 aliphatic rings. The van der Waals surface area contributed by atoms with E-state index in [2.05, 4.69) is 21.8 Å². The highest BCUT2D eigenvalue weighted by molar-refractivity contribution is 7.87. The van der Waals surface area contributed by atoms with E-state index in [9.17, 15) is 23.0 Å². The fraction of sp³-hybridized carbons (Fsp3) is 0.364. The van der Waals surface area contributed by atoms with Gasteiger partial charge in [0.05, 0.1) is 23.2 Å². The number of hydrogen-bond acceptors (Lipinski definition) is 10. The van der Waals surface area contributed by atoms with Crippen LogP contribution in [0.1, 0.15) is 17.4 Å². The van der Waals surface area contributed by atoms with Crippen molar-refractivity contribution in [1.29, 1.82) is 0 Å². The van der Waals surface area contributed by atoms with E-state index in [0.717, 1.165) is 0 Å². The zero-order valence-electron chi connectivity index (χ0n) is 19.5. The standard InChI is InChI=1S/C22H24FN7O6S/c1-29-6-7-35-19-12(13(23)4-5-14(19)29)3-2-11-9-30(21-16(11)20(24)26-10-27-21)22-18(32)17(31)15(36-22)8-28-37(25,33)34/h4-5,9-10,15,17-18,22,28,31-32H,6-8H2,1H3,(H2,24,26,27)(H2,25,33,34). The van der Waals surface area contributed by atoms with Crippen molar-refractivity contribution >= 4 is 32.7 Å². The maximum Gasteiger partial charge on any atom is 0.274 e. The molecule has 7 N–H and O–H groups in total. The molecule has 2 aliphatic heterocycles. The van der Waals surface area contributed by atoms with Crippen LogP contribution in [-0.2, 0) is 14.9 Å². The number of anilines is 2. The summed E-state index contributed by atoms with van der Waals surface area (Å²) in [4.78, 5) is 10.2. The Labute approximate surface area is 211 Å². The van der Waals surface area contributed by atoms with Crippen molar-refractivity contribution in [3.8, 4) is 17.6 Å². The van der Waals surface area contributed by atoms with E-state index in [1.165, 1.54) is 23.2 Å². The zero-order valence-corrected chi connectivity index (χ0v) is 20.3. The summed E-state index contributed by atoms with van der Waals surface area (Å²) in [6, 6.07) is 2.94. The average Bonchev–Trinajstić information content (AvgIpc) is 3.35. The number of fused-ring (bicyclic) bond motifs is 2. The first kappa shape index (κ1) is 25.1. The summed E-state index contributed by atoms with van der Waals surface area (Å²) >= 11 is 0. The maximum atomic E-state index is 14.8. The van der Waals surface area contributed by atoms with E-state index in [1.807, 2.05) is 16.7 Å². The minimum atomic E-state index is -4.05. The number of halogens is 1. The molecule has 4 atom stereocenters. The first-order chi connectivity index (χ1) is 17.5. The highest BCUT2D eigenvalue weighted by Gasteiger charge is 2.44. The van der Waals surface area contributed by atoms with Crippen LogP contribution in [0, 0.1) is 17.7 Å². The molecule has 15 heteroatoms. The molecule has 0 aliphatic carbocycles. The number of ether oxygens (including phenoxy) is 2. The second kappa shape index (κ2) is 9.41. The molecule has 13 nitrogen and oxygen atoms in total. The van der Waals surface area contributed by atoms with E-state index in [-0.39, 0.29) is 23.6 Å². The molecule has 0 bridgehead atoms. The van der Waals surface area contributed by atoms with Gasteiger partial charge in [-0.1, -0.05) is 11.8 Å². The number of rotatable bonds is 4. The van der Waals surface area contributed by atoms with Gasteiger partial charge in [-0.15, -0.1) is 0 Å². The predicted molar refractivity (Wildman–Crippen MR) is 130 cm³/mol. The third-order valence-electron chi connectivity index (χ3n) is 6.23. The van der Waals surface area contributed by atoms with Crippen LogP contribution in [0.15, 0.2) is 24.7 Å². The molecule has 0 saturated carbocycles. The molecule has 2 aromatic heterocycles. The fourth-order valence-electron chi connectivity index (χ4n) is 4.37. The lowest BCUT2D eigenvalue weighted by Crippen LogP contribution is -2.42. The maximum absolute atomic E-state index is 14.8. The summed E-state index contributed by atoms with van der Waals surface area (Å²) in [6.07, 6.45) is -2.48. The molecule has 0 amide bonds. The van der Waals surface area contributed by atoms with Gasteiger partial charge in [0.2, 0.25) is 0 Å². The number of likely N-dealkylation sites (N-methyl/N-ethyl adjacent to an activating group) is 1. The molecule has 1 saturated heterocycles. The van der Waals surface area contributed by atoms with Gasteiger partial charge in [-0.25, -0.2) is 19.5 Å². The first-order valence-electron chi connectivity index (χ1n) is 11.1. The summed E-state index contributed by atoms with van der Waals surface area (Å²) in [5.41, 5.74) is 7.43. The lowest BCUT2D eigenvalue weighted by Gasteiger charge is -2.28. The van der Waals surface area contributed by atoms with Crippen LogP contribution in [0.2, 0.25) is 0 Å². The molecule has 5 rings (SSSR count). The van der Waals surface area contributed by atoms with Crippen molar-refractivity contribution in [3.05, 3.63) is 41.6 Å². The molecule has 4 unspecified atom stereocenters. The van der Waals surface area contributed by atoms with Gasteiger partial charge in [0.15, 0.2) is 12.0 Å². The minimum absolute atomic E-state index is 0.0714. The van der Waals surface area contributed by atoms with Gasteiger partial charge >= 0.3 is 0 Å². The fourth-order valence-corrected chi connectivity index (χ4v) is 4.77. The van der Waals surface area contributed by atoms with Gasteiger partial charge in [0.1, 0.15) is 54.1 Å². The number of benzene rings is 1. The Bertz CT molecular complexity index is 1540. The lowest BCUT2D eigenvalue weighted by molar-refractivity contribution is -0.0327. The third-order valence-corrected chi connectivity index (χ3v) is 6.80. The normalized spacial score (nSPS) is 23.4. The Balaban J connectivity index is 1.55. The van der Waals surface area contributed by atoms with E-state index >= 15 is 0 Å². The number of nitrogens with zero attached hydrogens (tertiary/aromatic N) is 4. The van der Waals surface area contributed by atoms with Crippen molar-refractivity contribution in [2.24, 2.45) is 5.14 Å². The monoisotopic (exact) mass is 533 g/mol. The van der Waals surface area contributed by atoms with E-state index in [0.29, 0.717) is 35.5 Å². The Morgan fingerprint density at radius 3 is 2.81 bits per heavy atom. The van der Waals surface area contributed by atoms with Gasteiger partial charge < -0.3 is 34.9 Å². The first-order valence-corrected chi connectivity index (χ1v) is 12.7. The van der Waals surface area contributed by atoms with E-state index in [1.54, 1.807) is 6.07 Å². The SMILES string of the molecule is CN1CCOc2c1ccc(F)c2C#Cc1cn(C2OC(CNS(N)(=O)=O)C(O)C2O)c2ncnc(N)c12. The van der Waals surface area contributed by atoms with Crippen LogP contribution in [0.25, 0.3) is 11.0 Å². The largest absolute Gasteiger partial charge is 0.488 e. The summed E-state index contributed by atoms with van der Waals surface area (Å²) in [6.45, 7) is 0.655. The molecule has 4 heterocycles. The van der Waals surface area contributed by atoms with Crippen LogP contribution in [0.3, 0.4) is 0 Å². The molecule has 0 radical (unpaired) electrons. The van der Waals surface area contributed by atoms with Crippen molar-refractivity contribution in [3.63, 3.8) is 0 Å². The summed E-state index contributed by atoms with van der Waals surface area (Å²) in [5, 5.41) is 26.4. The predicted octanol–water partition coefficient (Wildman–Crippen LogP) is -1.21. The average molecular weight is 534 g/mol. The Hall–Kier alpha value is -3.52. The molecule has 3 aromatic rings. The second-order valence-corrected chi connectivity index (χ2v) is 10.0. The molecule has 0 spiro atoms. The summed E-state index contributed by atoms with van der Waals surface area (Å²) in [7, 11) is -2.18. The summed E-state index contributed by atoms with van der Waals surface area (Å²) < 4.78 is 52.1. The van der Waals surface area contributed by atoms with Crippen molar-refractivity contribution < 1.29 is 32.5 Å². The van der Waals surface area contributed by atoms with Crippen LogP contribution in [-0.4, -0.2) is 78.2 Å². The zero-order chi connectivity index (χ0) is 26.5. The van der Waals surface area contributed by atoms with Crippen molar-refractivity contribution in [2.45, 2.75) is 24.5 Å². The highest BCUT2D eigenvalue weighted by Crippen LogP contribution is 2.36. The van der Waals surface area contributed by atoms with E-state index < -0.39 is 40.6 Å². The van der Waals surface area contributed by atoms with Crippen LogP contribution >= 0.6 is 0 Å². The van der Waals surface area contributed by atoms with Crippen LogP contribution < -0.4 is 25.2 Å². The number of nitrogens with one attached hydrogen (secondary N) is 1. The number of aliphatic hydroxyl groups excluding tert-OH is 2. The summed E-state index contributed by atoms with van der Waals surface area (Å²) in [5.74, 6) is 5.58. The van der Waals surface area contributed by atoms with Gasteiger partial charge in [0.25, 0.3) is 10.2 Å². The van der Waals surface area contributed by atoms with Crippen molar-refractivity contribution in [1.82, 2.24) is 19.3 Å². The molecule has 37 heavy (non-hydrogen) atoms. The minimum Gasteiger partial charge on any atom is -0.488 e. The van der Waals surface area contributed by atoms with Gasteiger partial charge in [-0.2, -0.15) is 13.1 Å². The topological polar surface area (TPSA) is 191 Å². The Morgan fingerprint density at radius 1 is 1.27 bits per heavy atom. The molecule has 1 fully saturated rings. The number of aliphatic hydroxyl groups is 2.